The molecular formula is C20H28ClN3O2S. The number of halogens is 1. The van der Waals surface area contributed by atoms with Gasteiger partial charge in [0.05, 0.1) is 6.61 Å². The lowest BCUT2D eigenvalue weighted by molar-refractivity contribution is 0.0578. The molecule has 1 saturated heterocycles. The van der Waals surface area contributed by atoms with Gasteiger partial charge < -0.3 is 15.4 Å². The van der Waals surface area contributed by atoms with E-state index in [0.717, 1.165) is 48.5 Å². The molecule has 1 aromatic heterocycles. The normalized spacial score (nSPS) is 17.9. The van der Waals surface area contributed by atoms with E-state index < -0.39 is 0 Å². The van der Waals surface area contributed by atoms with Gasteiger partial charge in [0, 0.05) is 29.6 Å². The van der Waals surface area contributed by atoms with E-state index in [1.165, 1.54) is 11.3 Å². The maximum atomic E-state index is 12.9. The summed E-state index contributed by atoms with van der Waals surface area (Å²) in [5, 5.41) is 2.70. The first kappa shape index (κ1) is 21.7. The number of thiazole rings is 1. The molecule has 1 fully saturated rings. The van der Waals surface area contributed by atoms with Crippen molar-refractivity contribution in [1.82, 2.24) is 9.88 Å². The van der Waals surface area contributed by atoms with Crippen molar-refractivity contribution in [3.05, 3.63) is 35.3 Å². The number of carbonyl (C=O) groups excluding carboxylic acids is 1. The van der Waals surface area contributed by atoms with Gasteiger partial charge in [-0.1, -0.05) is 6.92 Å². The van der Waals surface area contributed by atoms with E-state index in [1.807, 2.05) is 41.5 Å². The molecule has 1 amide bonds. The van der Waals surface area contributed by atoms with Gasteiger partial charge in [0.1, 0.15) is 16.5 Å². The Bertz CT molecular complexity index is 733. The number of amides is 1. The van der Waals surface area contributed by atoms with Gasteiger partial charge in [-0.05, 0) is 56.9 Å². The lowest BCUT2D eigenvalue weighted by Crippen LogP contribution is -2.51. The summed E-state index contributed by atoms with van der Waals surface area (Å²) in [6.45, 7) is 5.54. The number of rotatable bonds is 6. The molecule has 27 heavy (non-hydrogen) atoms. The molecule has 148 valence electrons. The third-order valence-corrected chi connectivity index (χ3v) is 5.61. The van der Waals surface area contributed by atoms with Crippen molar-refractivity contribution in [2.24, 2.45) is 5.73 Å². The summed E-state index contributed by atoms with van der Waals surface area (Å²) in [6.07, 6.45) is 4.12. The van der Waals surface area contributed by atoms with Crippen molar-refractivity contribution < 1.29 is 9.53 Å². The van der Waals surface area contributed by atoms with Crippen LogP contribution >= 0.6 is 23.7 Å². The van der Waals surface area contributed by atoms with Gasteiger partial charge in [0.2, 0.25) is 0 Å². The fourth-order valence-corrected chi connectivity index (χ4v) is 4.12. The van der Waals surface area contributed by atoms with Crippen LogP contribution in [0.3, 0.4) is 0 Å². The van der Waals surface area contributed by atoms with E-state index in [0.29, 0.717) is 12.3 Å². The van der Waals surface area contributed by atoms with Crippen molar-refractivity contribution in [2.45, 2.75) is 51.6 Å². The van der Waals surface area contributed by atoms with Crippen molar-refractivity contribution in [2.75, 3.05) is 13.2 Å². The molecule has 2 unspecified atom stereocenters. The molecule has 0 radical (unpaired) electrons. The summed E-state index contributed by atoms with van der Waals surface area (Å²) in [4.78, 5) is 19.4. The third kappa shape index (κ3) is 5.21. The SMILES string of the molecule is CCCOc1ccc(-c2nc(C(=O)N3CCCCC3C(C)N)cs2)cc1.Cl. The van der Waals surface area contributed by atoms with Gasteiger partial charge >= 0.3 is 0 Å². The van der Waals surface area contributed by atoms with Crippen molar-refractivity contribution in [3.8, 4) is 16.3 Å². The molecule has 1 aliphatic rings. The molecule has 2 N–H and O–H groups in total. The fourth-order valence-electron chi connectivity index (χ4n) is 3.32. The second-order valence-electron chi connectivity index (χ2n) is 6.83. The molecule has 1 aliphatic heterocycles. The summed E-state index contributed by atoms with van der Waals surface area (Å²) in [6, 6.07) is 7.97. The van der Waals surface area contributed by atoms with Crippen LogP contribution in [0.4, 0.5) is 0 Å². The Morgan fingerprint density at radius 2 is 2.11 bits per heavy atom. The maximum absolute atomic E-state index is 12.9. The van der Waals surface area contributed by atoms with Gasteiger partial charge in [-0.3, -0.25) is 4.79 Å². The number of piperidine rings is 1. The molecule has 1 aromatic carbocycles. The molecule has 0 spiro atoms. The Labute approximate surface area is 171 Å². The van der Waals surface area contributed by atoms with E-state index >= 15 is 0 Å². The lowest BCUT2D eigenvalue weighted by Gasteiger charge is -2.37. The Balaban J connectivity index is 0.00000261. The first-order valence-corrected chi connectivity index (χ1v) is 10.2. The van der Waals surface area contributed by atoms with Gasteiger partial charge in [0.15, 0.2) is 0 Å². The molecule has 0 saturated carbocycles. The minimum Gasteiger partial charge on any atom is -0.494 e. The third-order valence-electron chi connectivity index (χ3n) is 4.71. The summed E-state index contributed by atoms with van der Waals surface area (Å²) >= 11 is 1.50. The van der Waals surface area contributed by atoms with E-state index in [1.54, 1.807) is 0 Å². The second-order valence-corrected chi connectivity index (χ2v) is 7.69. The summed E-state index contributed by atoms with van der Waals surface area (Å²) < 4.78 is 5.61. The molecular weight excluding hydrogens is 382 g/mol. The molecule has 7 heteroatoms. The first-order valence-electron chi connectivity index (χ1n) is 9.35. The van der Waals surface area contributed by atoms with Crippen molar-refractivity contribution in [1.29, 1.82) is 0 Å². The smallest absolute Gasteiger partial charge is 0.273 e. The van der Waals surface area contributed by atoms with Crippen LogP contribution in [-0.4, -0.2) is 41.0 Å². The van der Waals surface area contributed by atoms with Crippen LogP contribution in [0.15, 0.2) is 29.6 Å². The van der Waals surface area contributed by atoms with E-state index in [-0.39, 0.29) is 30.4 Å². The molecule has 2 aromatic rings. The monoisotopic (exact) mass is 409 g/mol. The van der Waals surface area contributed by atoms with Crippen molar-refractivity contribution >= 4 is 29.7 Å². The Kier molecular flexibility index (Phi) is 8.07. The van der Waals surface area contributed by atoms with Crippen LogP contribution in [0.1, 0.15) is 50.0 Å². The largest absolute Gasteiger partial charge is 0.494 e. The maximum Gasteiger partial charge on any atom is 0.273 e. The van der Waals surface area contributed by atoms with Crippen LogP contribution in [0, 0.1) is 0 Å². The van der Waals surface area contributed by atoms with Crippen LogP contribution in [0.2, 0.25) is 0 Å². The summed E-state index contributed by atoms with van der Waals surface area (Å²) in [7, 11) is 0. The van der Waals surface area contributed by atoms with Gasteiger partial charge in [0.25, 0.3) is 5.91 Å². The van der Waals surface area contributed by atoms with E-state index in [4.69, 9.17) is 10.5 Å². The number of benzene rings is 1. The number of carbonyl (C=O) groups is 1. The topological polar surface area (TPSA) is 68.5 Å². The van der Waals surface area contributed by atoms with Gasteiger partial charge in [-0.25, -0.2) is 4.98 Å². The zero-order valence-corrected chi connectivity index (χ0v) is 17.5. The molecule has 0 bridgehead atoms. The Morgan fingerprint density at radius 3 is 2.78 bits per heavy atom. The highest BCUT2D eigenvalue weighted by molar-refractivity contribution is 7.13. The minimum atomic E-state index is -0.0204. The molecule has 2 atom stereocenters. The summed E-state index contributed by atoms with van der Waals surface area (Å²) in [5.41, 5.74) is 7.61. The molecule has 5 nitrogen and oxygen atoms in total. The first-order chi connectivity index (χ1) is 12.6. The lowest BCUT2D eigenvalue weighted by atomic mass is 9.96. The number of likely N-dealkylation sites (tertiary alicyclic amines) is 1. The van der Waals surface area contributed by atoms with Crippen LogP contribution in [-0.2, 0) is 0 Å². The van der Waals surface area contributed by atoms with E-state index in [2.05, 4.69) is 11.9 Å². The highest BCUT2D eigenvalue weighted by atomic mass is 35.5. The Hall–Kier alpha value is -1.63. The standard InChI is InChI=1S/C20H27N3O2S.ClH/c1-3-12-25-16-9-7-15(8-10-16)19-22-17(13-26-19)20(24)23-11-5-4-6-18(23)14(2)21;/h7-10,13-14,18H,3-6,11-12,21H2,1-2H3;1H. The number of ether oxygens (including phenoxy) is 1. The zero-order valence-electron chi connectivity index (χ0n) is 15.9. The Morgan fingerprint density at radius 1 is 1.37 bits per heavy atom. The molecule has 0 aliphatic carbocycles. The summed E-state index contributed by atoms with van der Waals surface area (Å²) in [5.74, 6) is 0.856. The van der Waals surface area contributed by atoms with Gasteiger partial charge in [-0.15, -0.1) is 23.7 Å². The predicted molar refractivity (Wildman–Crippen MR) is 113 cm³/mol. The van der Waals surface area contributed by atoms with Crippen LogP contribution in [0.25, 0.3) is 10.6 Å². The molecule has 3 rings (SSSR count). The number of aromatic nitrogens is 1. The van der Waals surface area contributed by atoms with Crippen LogP contribution < -0.4 is 10.5 Å². The van der Waals surface area contributed by atoms with E-state index in [9.17, 15) is 4.79 Å². The number of nitrogens with two attached hydrogens (primary N) is 1. The number of nitrogens with zero attached hydrogens (tertiary/aromatic N) is 2. The number of hydrogen-bond acceptors (Lipinski definition) is 5. The number of hydrogen-bond donors (Lipinski definition) is 1. The predicted octanol–water partition coefficient (Wildman–Crippen LogP) is 4.36. The quantitative estimate of drug-likeness (QED) is 0.769. The highest BCUT2D eigenvalue weighted by Crippen LogP contribution is 2.28. The van der Waals surface area contributed by atoms with Crippen LogP contribution in [0.5, 0.6) is 5.75 Å². The average molecular weight is 410 g/mol. The average Bonchev–Trinajstić information content (AvgIpc) is 3.16. The van der Waals surface area contributed by atoms with Gasteiger partial charge in [-0.2, -0.15) is 0 Å². The fraction of sp³-hybridized carbons (Fsp3) is 0.500. The molecule has 2 heterocycles. The highest BCUT2D eigenvalue weighted by Gasteiger charge is 2.31. The van der Waals surface area contributed by atoms with Crippen molar-refractivity contribution in [3.63, 3.8) is 0 Å². The zero-order chi connectivity index (χ0) is 18.5. The minimum absolute atomic E-state index is 0. The second kappa shape index (κ2) is 10.1.